The van der Waals surface area contributed by atoms with E-state index in [0.717, 1.165) is 10.4 Å². The first kappa shape index (κ1) is 20.0. The van der Waals surface area contributed by atoms with Crippen LogP contribution in [0.3, 0.4) is 0 Å². The van der Waals surface area contributed by atoms with Gasteiger partial charge in [-0.1, -0.05) is 12.1 Å². The second-order valence-corrected chi connectivity index (χ2v) is 7.35. The summed E-state index contributed by atoms with van der Waals surface area (Å²) in [4.78, 5) is 35.9. The van der Waals surface area contributed by atoms with Crippen molar-refractivity contribution in [2.24, 2.45) is 0 Å². The van der Waals surface area contributed by atoms with Crippen LogP contribution in [-0.2, 0) is 9.53 Å². The smallest absolute Gasteiger partial charge is 0.338 e. The number of ether oxygens (including phenoxy) is 1. The molecule has 1 amide bonds. The lowest BCUT2D eigenvalue weighted by Crippen LogP contribution is -2.20. The molecule has 2 heterocycles. The fourth-order valence-electron chi connectivity index (χ4n) is 2.57. The van der Waals surface area contributed by atoms with Crippen LogP contribution < -0.4 is 5.32 Å². The van der Waals surface area contributed by atoms with Crippen molar-refractivity contribution < 1.29 is 23.5 Å². The van der Waals surface area contributed by atoms with Gasteiger partial charge >= 0.3 is 5.97 Å². The zero-order valence-corrected chi connectivity index (χ0v) is 16.5. The van der Waals surface area contributed by atoms with Crippen LogP contribution in [0.15, 0.2) is 40.8 Å². The molecular formula is C21H16N2O5S. The number of benzene rings is 1. The van der Waals surface area contributed by atoms with Crippen LogP contribution >= 0.6 is 11.3 Å². The van der Waals surface area contributed by atoms with E-state index in [1.807, 2.05) is 13.8 Å². The van der Waals surface area contributed by atoms with E-state index in [1.165, 1.54) is 11.3 Å². The van der Waals surface area contributed by atoms with E-state index in [1.54, 1.807) is 36.4 Å². The Balaban J connectivity index is 1.59. The summed E-state index contributed by atoms with van der Waals surface area (Å²) in [7, 11) is 0. The molecule has 3 aromatic rings. The SMILES string of the molecule is Cc1sc(NC(=O)COC(=O)c2ccc(-c3ccc(C=O)o3)cc2)c(C#N)c1C. The number of nitrogens with zero attached hydrogens (tertiary/aromatic N) is 1. The number of thiophene rings is 1. The molecule has 2 aromatic heterocycles. The highest BCUT2D eigenvalue weighted by molar-refractivity contribution is 7.16. The van der Waals surface area contributed by atoms with Crippen molar-refractivity contribution in [3.8, 4) is 17.4 Å². The molecule has 0 fully saturated rings. The number of aldehydes is 1. The molecular weight excluding hydrogens is 392 g/mol. The normalized spacial score (nSPS) is 10.2. The molecule has 3 rings (SSSR count). The fourth-order valence-corrected chi connectivity index (χ4v) is 3.60. The van der Waals surface area contributed by atoms with Crippen molar-refractivity contribution in [2.75, 3.05) is 11.9 Å². The van der Waals surface area contributed by atoms with Crippen molar-refractivity contribution >= 4 is 34.5 Å². The summed E-state index contributed by atoms with van der Waals surface area (Å²) < 4.78 is 10.4. The highest BCUT2D eigenvalue weighted by atomic mass is 32.1. The van der Waals surface area contributed by atoms with Crippen molar-refractivity contribution in [2.45, 2.75) is 13.8 Å². The molecule has 7 nitrogen and oxygen atoms in total. The van der Waals surface area contributed by atoms with Gasteiger partial charge in [-0.25, -0.2) is 4.79 Å². The molecule has 1 aromatic carbocycles. The monoisotopic (exact) mass is 408 g/mol. The second kappa shape index (κ2) is 8.54. The maximum absolute atomic E-state index is 12.2. The molecule has 0 bridgehead atoms. The number of hydrogen-bond acceptors (Lipinski definition) is 7. The van der Waals surface area contributed by atoms with Gasteiger partial charge in [0.1, 0.15) is 16.8 Å². The van der Waals surface area contributed by atoms with Crippen LogP contribution in [-0.4, -0.2) is 24.8 Å². The standard InChI is InChI=1S/C21H16N2O5S/c1-12-13(2)29-20(17(12)9-22)23-19(25)11-27-21(26)15-5-3-14(4-6-15)18-8-7-16(10-24)28-18/h3-8,10H,11H2,1-2H3,(H,23,25). The van der Waals surface area contributed by atoms with Gasteiger partial charge in [-0.15, -0.1) is 11.3 Å². The van der Waals surface area contributed by atoms with Gasteiger partial charge < -0.3 is 14.5 Å². The van der Waals surface area contributed by atoms with Gasteiger partial charge in [-0.05, 0) is 43.7 Å². The topological polar surface area (TPSA) is 109 Å². The van der Waals surface area contributed by atoms with Crippen molar-refractivity contribution in [3.05, 3.63) is 63.7 Å². The molecule has 8 heteroatoms. The Hall–Kier alpha value is -3.70. The third-order valence-electron chi connectivity index (χ3n) is 4.23. The van der Waals surface area contributed by atoms with Crippen LogP contribution in [0.2, 0.25) is 0 Å². The molecule has 0 saturated heterocycles. The number of esters is 1. The molecule has 0 aliphatic heterocycles. The van der Waals surface area contributed by atoms with E-state index in [2.05, 4.69) is 11.4 Å². The predicted molar refractivity (Wildman–Crippen MR) is 107 cm³/mol. The minimum Gasteiger partial charge on any atom is -0.453 e. The first-order chi connectivity index (χ1) is 13.9. The summed E-state index contributed by atoms with van der Waals surface area (Å²) in [6.07, 6.45) is 0.610. The van der Waals surface area contributed by atoms with E-state index in [0.29, 0.717) is 28.2 Å². The molecule has 29 heavy (non-hydrogen) atoms. The molecule has 0 radical (unpaired) electrons. The van der Waals surface area contributed by atoms with E-state index in [-0.39, 0.29) is 11.3 Å². The highest BCUT2D eigenvalue weighted by Crippen LogP contribution is 2.31. The first-order valence-electron chi connectivity index (χ1n) is 8.55. The molecule has 0 saturated carbocycles. The van der Waals surface area contributed by atoms with Gasteiger partial charge in [0.25, 0.3) is 5.91 Å². The molecule has 0 spiro atoms. The summed E-state index contributed by atoms with van der Waals surface area (Å²) >= 11 is 1.30. The summed E-state index contributed by atoms with van der Waals surface area (Å²) in [6.45, 7) is 3.21. The second-order valence-electron chi connectivity index (χ2n) is 6.12. The number of anilines is 1. The van der Waals surface area contributed by atoms with Crippen LogP contribution in [0.25, 0.3) is 11.3 Å². The minimum absolute atomic E-state index is 0.213. The Morgan fingerprint density at radius 2 is 1.93 bits per heavy atom. The Kier molecular flexibility index (Phi) is 5.90. The number of nitrogens with one attached hydrogen (secondary N) is 1. The van der Waals surface area contributed by atoms with Crippen LogP contribution in [0.5, 0.6) is 0 Å². The number of amides is 1. The van der Waals surface area contributed by atoms with Gasteiger partial charge in [-0.2, -0.15) is 5.26 Å². The molecule has 0 atom stereocenters. The third kappa shape index (κ3) is 4.42. The minimum atomic E-state index is -0.654. The molecule has 0 unspecified atom stereocenters. The van der Waals surface area contributed by atoms with Crippen LogP contribution in [0.1, 0.15) is 36.9 Å². The number of hydrogen-bond donors (Lipinski definition) is 1. The molecule has 146 valence electrons. The number of nitriles is 1. The van der Waals surface area contributed by atoms with Crippen LogP contribution in [0, 0.1) is 25.2 Å². The lowest BCUT2D eigenvalue weighted by molar-refractivity contribution is -0.119. The van der Waals surface area contributed by atoms with Gasteiger partial charge in [0, 0.05) is 10.4 Å². The lowest BCUT2D eigenvalue weighted by atomic mass is 10.1. The summed E-state index contributed by atoms with van der Waals surface area (Å²) in [5.41, 5.74) is 2.20. The number of rotatable bonds is 6. The zero-order chi connectivity index (χ0) is 21.0. The fraction of sp³-hybridized carbons (Fsp3) is 0.143. The summed E-state index contributed by atoms with van der Waals surface area (Å²) in [6, 6.07) is 11.7. The largest absolute Gasteiger partial charge is 0.453 e. The van der Waals surface area contributed by atoms with E-state index < -0.39 is 18.5 Å². The van der Waals surface area contributed by atoms with E-state index in [4.69, 9.17) is 9.15 Å². The first-order valence-corrected chi connectivity index (χ1v) is 9.37. The quantitative estimate of drug-likeness (QED) is 0.486. The van der Waals surface area contributed by atoms with Gasteiger partial charge in [0.15, 0.2) is 18.7 Å². The average molecular weight is 408 g/mol. The van der Waals surface area contributed by atoms with Crippen molar-refractivity contribution in [1.82, 2.24) is 0 Å². The Morgan fingerprint density at radius 1 is 1.21 bits per heavy atom. The Labute approximate surface area is 170 Å². The zero-order valence-electron chi connectivity index (χ0n) is 15.6. The van der Waals surface area contributed by atoms with Gasteiger partial charge in [-0.3, -0.25) is 9.59 Å². The number of aryl methyl sites for hydroxylation is 1. The van der Waals surface area contributed by atoms with Crippen molar-refractivity contribution in [1.29, 1.82) is 5.26 Å². The third-order valence-corrected chi connectivity index (χ3v) is 5.36. The Morgan fingerprint density at radius 3 is 2.55 bits per heavy atom. The molecule has 1 N–H and O–H groups in total. The number of carbonyl (C=O) groups excluding carboxylic acids is 3. The summed E-state index contributed by atoms with van der Waals surface area (Å²) in [5.74, 6) is -0.463. The van der Waals surface area contributed by atoms with Crippen molar-refractivity contribution in [3.63, 3.8) is 0 Å². The predicted octanol–water partition coefficient (Wildman–Crippen LogP) is 4.10. The summed E-state index contributed by atoms with van der Waals surface area (Å²) in [5, 5.41) is 12.3. The van der Waals surface area contributed by atoms with E-state index in [9.17, 15) is 19.6 Å². The maximum atomic E-state index is 12.2. The van der Waals surface area contributed by atoms with Crippen LogP contribution in [0.4, 0.5) is 5.00 Å². The average Bonchev–Trinajstić information content (AvgIpc) is 3.31. The Bertz CT molecular complexity index is 1120. The van der Waals surface area contributed by atoms with Gasteiger partial charge in [0.05, 0.1) is 11.1 Å². The maximum Gasteiger partial charge on any atom is 0.338 e. The molecule has 0 aliphatic rings. The van der Waals surface area contributed by atoms with E-state index >= 15 is 0 Å². The number of furan rings is 1. The number of carbonyl (C=O) groups is 3. The lowest BCUT2D eigenvalue weighted by Gasteiger charge is -2.06. The highest BCUT2D eigenvalue weighted by Gasteiger charge is 2.16. The van der Waals surface area contributed by atoms with Gasteiger partial charge in [0.2, 0.25) is 0 Å². The molecule has 0 aliphatic carbocycles.